The molecule has 0 N–H and O–H groups in total. The highest BCUT2D eigenvalue weighted by molar-refractivity contribution is 6.00. The summed E-state index contributed by atoms with van der Waals surface area (Å²) in [6.45, 7) is -2.45. The number of alkyl halides is 2. The van der Waals surface area contributed by atoms with Gasteiger partial charge in [-0.25, -0.2) is 0 Å². The van der Waals surface area contributed by atoms with E-state index in [1.54, 1.807) is 55.5 Å². The molecule has 2 aromatic carbocycles. The molecular formula is C22H24F2N2O5. The monoisotopic (exact) mass is 434 g/mol. The minimum Gasteiger partial charge on any atom is -0.497 e. The van der Waals surface area contributed by atoms with Crippen LogP contribution in [-0.4, -0.2) is 51.1 Å². The van der Waals surface area contributed by atoms with Crippen LogP contribution < -0.4 is 19.1 Å². The molecule has 1 fully saturated rings. The number of hydrogen-bond donors (Lipinski definition) is 0. The van der Waals surface area contributed by atoms with Crippen molar-refractivity contribution in [2.75, 3.05) is 32.7 Å². The van der Waals surface area contributed by atoms with Crippen LogP contribution in [0.2, 0.25) is 0 Å². The number of halogens is 2. The van der Waals surface area contributed by atoms with Crippen LogP contribution in [0.1, 0.15) is 12.0 Å². The van der Waals surface area contributed by atoms with Gasteiger partial charge in [0.1, 0.15) is 5.75 Å². The fourth-order valence-corrected chi connectivity index (χ4v) is 3.57. The molecule has 31 heavy (non-hydrogen) atoms. The van der Waals surface area contributed by atoms with E-state index in [4.69, 9.17) is 9.47 Å². The predicted octanol–water partition coefficient (Wildman–Crippen LogP) is 3.32. The fraction of sp³-hybridized carbons (Fsp3) is 0.364. The second-order valence-corrected chi connectivity index (χ2v) is 7.16. The first-order chi connectivity index (χ1) is 14.8. The van der Waals surface area contributed by atoms with Gasteiger partial charge in [-0.2, -0.15) is 8.78 Å². The number of anilines is 1. The Morgan fingerprint density at radius 1 is 1.16 bits per heavy atom. The van der Waals surface area contributed by atoms with E-state index in [0.29, 0.717) is 17.0 Å². The van der Waals surface area contributed by atoms with E-state index in [-0.39, 0.29) is 42.8 Å². The summed E-state index contributed by atoms with van der Waals surface area (Å²) in [5.41, 5.74) is 1.37. The molecule has 1 heterocycles. The molecule has 2 amide bonds. The Bertz CT molecular complexity index is 953. The first-order valence-electron chi connectivity index (χ1n) is 9.63. The molecule has 1 atom stereocenters. The van der Waals surface area contributed by atoms with E-state index in [2.05, 4.69) is 4.74 Å². The number of rotatable bonds is 8. The second-order valence-electron chi connectivity index (χ2n) is 7.16. The van der Waals surface area contributed by atoms with E-state index >= 15 is 0 Å². The SMILES string of the molecule is COc1cccc(N2CC(C(=O)N(C)Cc3ccc(OC(F)F)c(OC)c3)CC2=O)c1. The number of ether oxygens (including phenoxy) is 3. The Balaban J connectivity index is 1.67. The summed E-state index contributed by atoms with van der Waals surface area (Å²) in [5, 5.41) is 0. The molecule has 0 aliphatic carbocycles. The van der Waals surface area contributed by atoms with Gasteiger partial charge in [-0.05, 0) is 29.8 Å². The summed E-state index contributed by atoms with van der Waals surface area (Å²) in [6, 6.07) is 11.6. The number of amides is 2. The molecule has 7 nitrogen and oxygen atoms in total. The normalized spacial score (nSPS) is 15.9. The Morgan fingerprint density at radius 3 is 2.61 bits per heavy atom. The average molecular weight is 434 g/mol. The standard InChI is InChI=1S/C22H24F2N2O5/c1-25(12-14-7-8-18(31-22(23)24)19(9-14)30-3)21(28)15-10-20(27)26(13-15)16-5-4-6-17(11-16)29-2/h4-9,11,15,22H,10,12-13H2,1-3H3. The average Bonchev–Trinajstić information content (AvgIpc) is 3.15. The molecular weight excluding hydrogens is 410 g/mol. The first-order valence-corrected chi connectivity index (χ1v) is 9.63. The quantitative estimate of drug-likeness (QED) is 0.638. The highest BCUT2D eigenvalue weighted by Gasteiger charge is 2.36. The molecule has 1 saturated heterocycles. The zero-order chi connectivity index (χ0) is 22.5. The van der Waals surface area contributed by atoms with Crippen LogP contribution in [0.4, 0.5) is 14.5 Å². The highest BCUT2D eigenvalue weighted by atomic mass is 19.3. The maximum Gasteiger partial charge on any atom is 0.387 e. The Kier molecular flexibility index (Phi) is 6.94. The van der Waals surface area contributed by atoms with Gasteiger partial charge in [0.2, 0.25) is 11.8 Å². The van der Waals surface area contributed by atoms with Crippen molar-refractivity contribution in [2.45, 2.75) is 19.6 Å². The summed E-state index contributed by atoms with van der Waals surface area (Å²) in [7, 11) is 4.54. The van der Waals surface area contributed by atoms with E-state index in [1.807, 2.05) is 0 Å². The first kappa shape index (κ1) is 22.3. The molecule has 1 aliphatic heterocycles. The number of carbonyl (C=O) groups excluding carboxylic acids is 2. The van der Waals surface area contributed by atoms with Crippen LogP contribution in [0.3, 0.4) is 0 Å². The molecule has 1 aliphatic rings. The molecule has 0 aromatic heterocycles. The molecule has 0 spiro atoms. The third-order valence-corrected chi connectivity index (χ3v) is 5.08. The summed E-state index contributed by atoms with van der Waals surface area (Å²) >= 11 is 0. The topological polar surface area (TPSA) is 68.3 Å². The van der Waals surface area contributed by atoms with Crippen LogP contribution in [0.25, 0.3) is 0 Å². The van der Waals surface area contributed by atoms with Crippen LogP contribution in [0, 0.1) is 5.92 Å². The van der Waals surface area contributed by atoms with Crippen LogP contribution in [-0.2, 0) is 16.1 Å². The van der Waals surface area contributed by atoms with Gasteiger partial charge in [0.05, 0.1) is 20.1 Å². The van der Waals surface area contributed by atoms with Crippen molar-refractivity contribution in [1.29, 1.82) is 0 Å². The van der Waals surface area contributed by atoms with Crippen molar-refractivity contribution in [1.82, 2.24) is 4.90 Å². The molecule has 0 saturated carbocycles. The number of benzene rings is 2. The van der Waals surface area contributed by atoms with Gasteiger partial charge in [0.25, 0.3) is 0 Å². The van der Waals surface area contributed by atoms with Crippen LogP contribution in [0.15, 0.2) is 42.5 Å². The maximum absolute atomic E-state index is 12.9. The largest absolute Gasteiger partial charge is 0.497 e. The minimum atomic E-state index is -2.96. The van der Waals surface area contributed by atoms with Crippen molar-refractivity contribution < 1.29 is 32.6 Å². The summed E-state index contributed by atoms with van der Waals surface area (Å²) in [5.74, 6) is -0.0808. The number of hydrogen-bond acceptors (Lipinski definition) is 5. The van der Waals surface area contributed by atoms with E-state index < -0.39 is 12.5 Å². The molecule has 2 aromatic rings. The van der Waals surface area contributed by atoms with E-state index in [1.165, 1.54) is 18.1 Å². The lowest BCUT2D eigenvalue weighted by Crippen LogP contribution is -2.34. The summed E-state index contributed by atoms with van der Waals surface area (Å²) in [6.07, 6.45) is 0.116. The van der Waals surface area contributed by atoms with Gasteiger partial charge in [-0.3, -0.25) is 9.59 Å². The lowest BCUT2D eigenvalue weighted by molar-refractivity contribution is -0.135. The summed E-state index contributed by atoms with van der Waals surface area (Å²) in [4.78, 5) is 28.5. The molecule has 166 valence electrons. The Labute approximate surface area is 179 Å². The van der Waals surface area contributed by atoms with Gasteiger partial charge in [-0.15, -0.1) is 0 Å². The third-order valence-electron chi connectivity index (χ3n) is 5.08. The van der Waals surface area contributed by atoms with Crippen molar-refractivity contribution in [3.05, 3.63) is 48.0 Å². The number of carbonyl (C=O) groups is 2. The predicted molar refractivity (Wildman–Crippen MR) is 110 cm³/mol. The van der Waals surface area contributed by atoms with Crippen molar-refractivity contribution >= 4 is 17.5 Å². The van der Waals surface area contributed by atoms with Gasteiger partial charge in [-0.1, -0.05) is 12.1 Å². The molecule has 0 bridgehead atoms. The Hall–Kier alpha value is -3.36. The van der Waals surface area contributed by atoms with E-state index in [9.17, 15) is 18.4 Å². The molecule has 3 rings (SSSR count). The Morgan fingerprint density at radius 2 is 1.94 bits per heavy atom. The second kappa shape index (κ2) is 9.63. The molecule has 0 radical (unpaired) electrons. The highest BCUT2D eigenvalue weighted by Crippen LogP contribution is 2.31. The zero-order valence-corrected chi connectivity index (χ0v) is 17.5. The lowest BCUT2D eigenvalue weighted by Gasteiger charge is -2.22. The third kappa shape index (κ3) is 5.22. The molecule has 9 heteroatoms. The van der Waals surface area contributed by atoms with Gasteiger partial charge in [0, 0.05) is 38.3 Å². The molecule has 1 unspecified atom stereocenters. The fourth-order valence-electron chi connectivity index (χ4n) is 3.57. The van der Waals surface area contributed by atoms with Gasteiger partial charge < -0.3 is 24.0 Å². The summed E-state index contributed by atoms with van der Waals surface area (Å²) < 4.78 is 39.7. The van der Waals surface area contributed by atoms with Gasteiger partial charge in [0.15, 0.2) is 11.5 Å². The van der Waals surface area contributed by atoms with Crippen molar-refractivity contribution in [3.63, 3.8) is 0 Å². The maximum atomic E-state index is 12.9. The zero-order valence-electron chi connectivity index (χ0n) is 17.5. The van der Waals surface area contributed by atoms with Crippen LogP contribution >= 0.6 is 0 Å². The van der Waals surface area contributed by atoms with E-state index in [0.717, 1.165) is 0 Å². The number of nitrogens with zero attached hydrogens (tertiary/aromatic N) is 2. The smallest absolute Gasteiger partial charge is 0.387 e. The van der Waals surface area contributed by atoms with Crippen molar-refractivity contribution in [2.24, 2.45) is 5.92 Å². The van der Waals surface area contributed by atoms with Crippen LogP contribution in [0.5, 0.6) is 17.2 Å². The van der Waals surface area contributed by atoms with Gasteiger partial charge >= 0.3 is 6.61 Å². The minimum absolute atomic E-state index is 0.0782. The van der Waals surface area contributed by atoms with Crippen molar-refractivity contribution in [3.8, 4) is 17.2 Å². The number of methoxy groups -OCH3 is 2. The lowest BCUT2D eigenvalue weighted by atomic mass is 10.1.